The molecule has 5 heteroatoms. The topological polar surface area (TPSA) is 39.7 Å². The molecule has 0 spiro atoms. The molecule has 1 aromatic carbocycles. The Hall–Kier alpha value is -0.650. The fourth-order valence-corrected chi connectivity index (χ4v) is 1.87. The van der Waals surface area contributed by atoms with Gasteiger partial charge in [-0.3, -0.25) is 0 Å². The molecular formula is C15H24ClNO3. The van der Waals surface area contributed by atoms with E-state index in [0.29, 0.717) is 33.0 Å². The summed E-state index contributed by atoms with van der Waals surface area (Å²) in [6, 6.07) is 10.1. The predicted molar refractivity (Wildman–Crippen MR) is 81.4 cm³/mol. The van der Waals surface area contributed by atoms with Gasteiger partial charge in [0.05, 0.1) is 38.4 Å². The second-order valence-electron chi connectivity index (χ2n) is 4.30. The summed E-state index contributed by atoms with van der Waals surface area (Å²) in [7, 11) is 1.66. The van der Waals surface area contributed by atoms with Gasteiger partial charge in [0.2, 0.25) is 0 Å². The molecule has 0 radical (unpaired) electrons. The summed E-state index contributed by atoms with van der Waals surface area (Å²) in [6.07, 6.45) is 0. The molecule has 1 rings (SSSR count). The SMILES string of the molecule is COCCOCCOCCNCC(Cl)c1ccccc1. The Morgan fingerprint density at radius 1 is 1.00 bits per heavy atom. The van der Waals surface area contributed by atoms with E-state index in [4.69, 9.17) is 25.8 Å². The number of alkyl halides is 1. The Labute approximate surface area is 126 Å². The largest absolute Gasteiger partial charge is 0.382 e. The first-order valence-electron chi connectivity index (χ1n) is 6.88. The molecule has 0 amide bonds. The molecule has 1 N–H and O–H groups in total. The fourth-order valence-electron chi connectivity index (χ4n) is 1.62. The average molecular weight is 302 g/mol. The second kappa shape index (κ2) is 12.1. The first kappa shape index (κ1) is 17.4. The highest BCUT2D eigenvalue weighted by Gasteiger charge is 2.05. The summed E-state index contributed by atoms with van der Waals surface area (Å²) < 4.78 is 15.6. The van der Waals surface area contributed by atoms with Crippen molar-refractivity contribution in [3.63, 3.8) is 0 Å². The van der Waals surface area contributed by atoms with Crippen LogP contribution < -0.4 is 5.32 Å². The lowest BCUT2D eigenvalue weighted by Crippen LogP contribution is -2.24. The Morgan fingerprint density at radius 3 is 2.35 bits per heavy atom. The molecule has 1 aromatic rings. The van der Waals surface area contributed by atoms with E-state index in [9.17, 15) is 0 Å². The van der Waals surface area contributed by atoms with E-state index >= 15 is 0 Å². The Kier molecular flexibility index (Phi) is 10.5. The number of benzene rings is 1. The molecule has 1 atom stereocenters. The lowest BCUT2D eigenvalue weighted by molar-refractivity contribution is 0.0256. The first-order valence-corrected chi connectivity index (χ1v) is 7.32. The standard InChI is InChI=1S/C15H24ClNO3/c1-18-9-10-20-12-11-19-8-7-17-13-15(16)14-5-3-2-4-6-14/h2-6,15,17H,7-13H2,1H3. The van der Waals surface area contributed by atoms with Gasteiger partial charge in [-0.25, -0.2) is 0 Å². The van der Waals surface area contributed by atoms with Gasteiger partial charge >= 0.3 is 0 Å². The lowest BCUT2D eigenvalue weighted by atomic mass is 10.1. The van der Waals surface area contributed by atoms with Gasteiger partial charge in [0.15, 0.2) is 0 Å². The average Bonchev–Trinajstić information content (AvgIpc) is 2.50. The highest BCUT2D eigenvalue weighted by Crippen LogP contribution is 2.18. The zero-order valence-corrected chi connectivity index (χ0v) is 12.8. The van der Waals surface area contributed by atoms with Crippen LogP contribution in [0.5, 0.6) is 0 Å². The van der Waals surface area contributed by atoms with Crippen LogP contribution in [0.15, 0.2) is 30.3 Å². The van der Waals surface area contributed by atoms with E-state index in [1.165, 1.54) is 0 Å². The monoisotopic (exact) mass is 301 g/mol. The highest BCUT2D eigenvalue weighted by molar-refractivity contribution is 6.21. The minimum Gasteiger partial charge on any atom is -0.382 e. The van der Waals surface area contributed by atoms with Crippen molar-refractivity contribution in [2.75, 3.05) is 53.2 Å². The second-order valence-corrected chi connectivity index (χ2v) is 4.83. The molecular weight excluding hydrogens is 278 g/mol. The number of hydrogen-bond acceptors (Lipinski definition) is 4. The summed E-state index contributed by atoms with van der Waals surface area (Å²) in [4.78, 5) is 0. The number of methoxy groups -OCH3 is 1. The molecule has 0 fully saturated rings. The van der Waals surface area contributed by atoms with Crippen LogP contribution in [-0.4, -0.2) is 53.2 Å². The number of hydrogen-bond donors (Lipinski definition) is 1. The zero-order chi connectivity index (χ0) is 14.5. The summed E-state index contributed by atoms with van der Waals surface area (Å²) in [5.41, 5.74) is 1.13. The number of halogens is 1. The molecule has 0 bridgehead atoms. The Morgan fingerprint density at radius 2 is 1.65 bits per heavy atom. The molecule has 114 valence electrons. The van der Waals surface area contributed by atoms with E-state index < -0.39 is 0 Å². The van der Waals surface area contributed by atoms with Crippen LogP contribution in [0.3, 0.4) is 0 Å². The molecule has 0 saturated heterocycles. The summed E-state index contributed by atoms with van der Waals surface area (Å²) in [5, 5.41) is 3.27. The smallest absolute Gasteiger partial charge is 0.0709 e. The quantitative estimate of drug-likeness (QED) is 0.475. The molecule has 0 aliphatic rings. The molecule has 20 heavy (non-hydrogen) atoms. The predicted octanol–water partition coefficient (Wildman–Crippen LogP) is 2.24. The van der Waals surface area contributed by atoms with Gasteiger partial charge in [0.1, 0.15) is 0 Å². The van der Waals surface area contributed by atoms with E-state index in [2.05, 4.69) is 5.32 Å². The van der Waals surface area contributed by atoms with Gasteiger partial charge in [-0.1, -0.05) is 30.3 Å². The van der Waals surface area contributed by atoms with Crippen molar-refractivity contribution in [3.8, 4) is 0 Å². The number of ether oxygens (including phenoxy) is 3. The maximum absolute atomic E-state index is 6.28. The van der Waals surface area contributed by atoms with Crippen molar-refractivity contribution >= 4 is 11.6 Å². The van der Waals surface area contributed by atoms with Crippen LogP contribution in [0.25, 0.3) is 0 Å². The molecule has 0 heterocycles. The minimum atomic E-state index is -0.00595. The number of nitrogens with one attached hydrogen (secondary N) is 1. The van der Waals surface area contributed by atoms with Crippen LogP contribution >= 0.6 is 11.6 Å². The molecule has 4 nitrogen and oxygen atoms in total. The lowest BCUT2D eigenvalue weighted by Gasteiger charge is -2.11. The normalized spacial score (nSPS) is 12.5. The van der Waals surface area contributed by atoms with E-state index in [1.807, 2.05) is 30.3 Å². The van der Waals surface area contributed by atoms with Gasteiger partial charge in [-0.05, 0) is 5.56 Å². The molecule has 0 aliphatic heterocycles. The van der Waals surface area contributed by atoms with Crippen LogP contribution in [0.4, 0.5) is 0 Å². The third kappa shape index (κ3) is 8.51. The number of rotatable bonds is 12. The van der Waals surface area contributed by atoms with Gasteiger partial charge < -0.3 is 19.5 Å². The third-order valence-corrected chi connectivity index (χ3v) is 3.12. The van der Waals surface area contributed by atoms with Crippen LogP contribution in [-0.2, 0) is 14.2 Å². The Balaban J connectivity index is 1.90. The summed E-state index contributed by atoms with van der Waals surface area (Å²) >= 11 is 6.28. The van der Waals surface area contributed by atoms with Crippen molar-refractivity contribution in [3.05, 3.63) is 35.9 Å². The molecule has 0 aliphatic carbocycles. The van der Waals surface area contributed by atoms with Crippen LogP contribution in [0, 0.1) is 0 Å². The minimum absolute atomic E-state index is 0.00595. The van der Waals surface area contributed by atoms with E-state index in [0.717, 1.165) is 18.7 Å². The maximum Gasteiger partial charge on any atom is 0.0709 e. The van der Waals surface area contributed by atoms with Crippen molar-refractivity contribution in [1.82, 2.24) is 5.32 Å². The first-order chi connectivity index (χ1) is 9.84. The summed E-state index contributed by atoms with van der Waals surface area (Å²) in [6.45, 7) is 4.63. The fraction of sp³-hybridized carbons (Fsp3) is 0.600. The van der Waals surface area contributed by atoms with Crippen LogP contribution in [0.1, 0.15) is 10.9 Å². The Bertz CT molecular complexity index is 324. The van der Waals surface area contributed by atoms with Crippen molar-refractivity contribution in [2.45, 2.75) is 5.38 Å². The van der Waals surface area contributed by atoms with E-state index in [1.54, 1.807) is 7.11 Å². The maximum atomic E-state index is 6.28. The van der Waals surface area contributed by atoms with Crippen molar-refractivity contribution < 1.29 is 14.2 Å². The molecule has 0 saturated carbocycles. The van der Waals surface area contributed by atoms with Crippen molar-refractivity contribution in [2.24, 2.45) is 0 Å². The third-order valence-electron chi connectivity index (χ3n) is 2.71. The molecule has 1 unspecified atom stereocenters. The molecule has 0 aromatic heterocycles. The summed E-state index contributed by atoms with van der Waals surface area (Å²) in [5.74, 6) is 0. The van der Waals surface area contributed by atoms with E-state index in [-0.39, 0.29) is 5.38 Å². The van der Waals surface area contributed by atoms with Gasteiger partial charge in [0, 0.05) is 20.2 Å². The van der Waals surface area contributed by atoms with Gasteiger partial charge in [0.25, 0.3) is 0 Å². The van der Waals surface area contributed by atoms with Gasteiger partial charge in [-0.15, -0.1) is 11.6 Å². The highest BCUT2D eigenvalue weighted by atomic mass is 35.5. The van der Waals surface area contributed by atoms with Crippen molar-refractivity contribution in [1.29, 1.82) is 0 Å². The zero-order valence-electron chi connectivity index (χ0n) is 12.0. The van der Waals surface area contributed by atoms with Gasteiger partial charge in [-0.2, -0.15) is 0 Å². The van der Waals surface area contributed by atoms with Crippen LogP contribution in [0.2, 0.25) is 0 Å².